The van der Waals surface area contributed by atoms with Gasteiger partial charge in [0.2, 0.25) is 0 Å². The number of anilines is 1. The van der Waals surface area contributed by atoms with E-state index in [1.807, 2.05) is 18.2 Å². The summed E-state index contributed by atoms with van der Waals surface area (Å²) in [6, 6.07) is 19.4. The number of furan rings is 1. The maximum atomic E-state index is 12.8. The number of ketones is 1. The van der Waals surface area contributed by atoms with Crippen molar-refractivity contribution in [2.45, 2.75) is 0 Å². The number of nitrogens with zero attached hydrogens (tertiary/aromatic N) is 1. The van der Waals surface area contributed by atoms with Crippen LogP contribution in [0.4, 0.5) is 5.69 Å². The molecule has 2 amide bonds. The molecule has 2 aromatic carbocycles. The van der Waals surface area contributed by atoms with Crippen molar-refractivity contribution in [2.75, 3.05) is 38.0 Å². The summed E-state index contributed by atoms with van der Waals surface area (Å²) in [5.41, 5.74) is 1.55. The van der Waals surface area contributed by atoms with E-state index in [0.717, 1.165) is 4.90 Å². The zero-order valence-electron chi connectivity index (χ0n) is 17.0. The van der Waals surface area contributed by atoms with Crippen molar-refractivity contribution in [3.05, 3.63) is 89.9 Å². The average molecular weight is 418 g/mol. The molecule has 1 aliphatic rings. The predicted octanol–water partition coefficient (Wildman–Crippen LogP) is 1.49. The molecule has 0 radical (unpaired) electrons. The third-order valence-corrected chi connectivity index (χ3v) is 5.38. The second-order valence-electron chi connectivity index (χ2n) is 7.49. The van der Waals surface area contributed by atoms with Gasteiger partial charge in [0.05, 0.1) is 38.1 Å². The molecule has 0 atom stereocenters. The highest BCUT2D eigenvalue weighted by molar-refractivity contribution is 6.13. The van der Waals surface area contributed by atoms with Gasteiger partial charge in [0.25, 0.3) is 11.8 Å². The van der Waals surface area contributed by atoms with E-state index in [2.05, 4.69) is 5.32 Å². The smallest absolute Gasteiger partial charge is 0.289 e. The summed E-state index contributed by atoms with van der Waals surface area (Å²) in [7, 11) is 0. The Hall–Kier alpha value is -3.71. The van der Waals surface area contributed by atoms with E-state index in [9.17, 15) is 14.4 Å². The van der Waals surface area contributed by atoms with Crippen LogP contribution in [0.5, 0.6) is 0 Å². The summed E-state index contributed by atoms with van der Waals surface area (Å²) in [6.07, 6.45) is 1.49. The Bertz CT molecular complexity index is 1060. The number of carbonyl (C=O) groups excluding carboxylic acids is 3. The standard InChI is InChI=1S/C24H23N3O4/c28-22(17-26-12-14-27(15-13-26)24(30)21-11-6-16-31-21)25-20-10-5-4-9-19(20)23(29)18-7-2-1-3-8-18/h1-11,16H,12-15,17H2,(H,25,28)/p+1. The van der Waals surface area contributed by atoms with Gasteiger partial charge in [-0.1, -0.05) is 42.5 Å². The van der Waals surface area contributed by atoms with Gasteiger partial charge in [-0.2, -0.15) is 0 Å². The van der Waals surface area contributed by atoms with Crippen LogP contribution in [-0.4, -0.2) is 55.2 Å². The van der Waals surface area contributed by atoms with Crippen LogP contribution in [-0.2, 0) is 4.79 Å². The molecule has 7 nitrogen and oxygen atoms in total. The van der Waals surface area contributed by atoms with Crippen molar-refractivity contribution < 1.29 is 23.7 Å². The van der Waals surface area contributed by atoms with Gasteiger partial charge >= 0.3 is 0 Å². The summed E-state index contributed by atoms with van der Waals surface area (Å²) in [6.45, 7) is 2.74. The normalized spacial score (nSPS) is 14.3. The van der Waals surface area contributed by atoms with E-state index in [1.165, 1.54) is 6.26 Å². The highest BCUT2D eigenvalue weighted by Crippen LogP contribution is 2.19. The van der Waals surface area contributed by atoms with Crippen molar-refractivity contribution in [1.29, 1.82) is 0 Å². The highest BCUT2D eigenvalue weighted by Gasteiger charge is 2.27. The molecule has 0 unspecified atom stereocenters. The summed E-state index contributed by atoms with van der Waals surface area (Å²) >= 11 is 0. The van der Waals surface area contributed by atoms with Crippen molar-refractivity contribution in [3.8, 4) is 0 Å². The SMILES string of the molecule is O=C(C[NH+]1CCN(C(=O)c2ccco2)CC1)Nc1ccccc1C(=O)c1ccccc1. The van der Waals surface area contributed by atoms with E-state index in [-0.39, 0.29) is 24.1 Å². The minimum atomic E-state index is -0.158. The average Bonchev–Trinajstić information content (AvgIpc) is 3.35. The van der Waals surface area contributed by atoms with Gasteiger partial charge in [-0.15, -0.1) is 0 Å². The first-order valence-corrected chi connectivity index (χ1v) is 10.3. The van der Waals surface area contributed by atoms with Crippen LogP contribution in [0, 0.1) is 0 Å². The molecule has 2 heterocycles. The van der Waals surface area contributed by atoms with Crippen molar-refractivity contribution in [2.24, 2.45) is 0 Å². The minimum Gasteiger partial charge on any atom is -0.459 e. The van der Waals surface area contributed by atoms with Crippen LogP contribution >= 0.6 is 0 Å². The van der Waals surface area contributed by atoms with Crippen LogP contribution in [0.15, 0.2) is 77.4 Å². The first kappa shape index (κ1) is 20.6. The molecule has 0 spiro atoms. The monoisotopic (exact) mass is 418 g/mol. The second kappa shape index (κ2) is 9.40. The molecular formula is C24H24N3O4+. The first-order valence-electron chi connectivity index (χ1n) is 10.3. The van der Waals surface area contributed by atoms with Crippen LogP contribution in [0.25, 0.3) is 0 Å². The first-order chi connectivity index (χ1) is 15.1. The van der Waals surface area contributed by atoms with E-state index >= 15 is 0 Å². The molecule has 0 bridgehead atoms. The Labute approximate surface area is 180 Å². The lowest BCUT2D eigenvalue weighted by Crippen LogP contribution is -3.15. The second-order valence-corrected chi connectivity index (χ2v) is 7.49. The molecule has 1 aliphatic heterocycles. The van der Waals surface area contributed by atoms with Crippen molar-refractivity contribution in [1.82, 2.24) is 4.90 Å². The van der Waals surface area contributed by atoms with E-state index in [1.54, 1.807) is 53.4 Å². The summed E-state index contributed by atoms with van der Waals surface area (Å²) < 4.78 is 5.18. The lowest BCUT2D eigenvalue weighted by molar-refractivity contribution is -0.895. The molecule has 1 saturated heterocycles. The van der Waals surface area contributed by atoms with Crippen molar-refractivity contribution in [3.63, 3.8) is 0 Å². The summed E-state index contributed by atoms with van der Waals surface area (Å²) in [5.74, 6) is -0.0780. The van der Waals surface area contributed by atoms with Crippen LogP contribution in [0.3, 0.4) is 0 Å². The number of nitrogens with one attached hydrogen (secondary N) is 2. The number of para-hydroxylation sites is 1. The summed E-state index contributed by atoms with van der Waals surface area (Å²) in [4.78, 5) is 40.7. The van der Waals surface area contributed by atoms with Gasteiger partial charge in [0, 0.05) is 11.1 Å². The fourth-order valence-electron chi connectivity index (χ4n) is 3.72. The number of hydrogen-bond acceptors (Lipinski definition) is 4. The maximum Gasteiger partial charge on any atom is 0.289 e. The van der Waals surface area contributed by atoms with E-state index in [0.29, 0.717) is 48.8 Å². The Morgan fingerprint density at radius 3 is 2.32 bits per heavy atom. The Balaban J connectivity index is 1.34. The fourth-order valence-corrected chi connectivity index (χ4v) is 3.72. The zero-order chi connectivity index (χ0) is 21.6. The molecule has 31 heavy (non-hydrogen) atoms. The molecule has 0 saturated carbocycles. The molecule has 0 aliphatic carbocycles. The van der Waals surface area contributed by atoms with Gasteiger partial charge < -0.3 is 19.5 Å². The highest BCUT2D eigenvalue weighted by atomic mass is 16.3. The van der Waals surface area contributed by atoms with Crippen molar-refractivity contribution >= 4 is 23.3 Å². The van der Waals surface area contributed by atoms with Gasteiger partial charge in [-0.05, 0) is 24.3 Å². The molecule has 2 N–H and O–H groups in total. The molecule has 3 aromatic rings. The molecule has 158 valence electrons. The third kappa shape index (κ3) is 4.90. The number of amides is 2. The lowest BCUT2D eigenvalue weighted by Gasteiger charge is -2.31. The van der Waals surface area contributed by atoms with Gasteiger partial charge in [0.15, 0.2) is 18.1 Å². The number of piperazine rings is 1. The van der Waals surface area contributed by atoms with Gasteiger partial charge in [-0.3, -0.25) is 14.4 Å². The fraction of sp³-hybridized carbons (Fsp3) is 0.208. The van der Waals surface area contributed by atoms with Crippen LogP contribution in [0.1, 0.15) is 26.5 Å². The number of benzene rings is 2. The molecule has 1 fully saturated rings. The molecule has 4 rings (SSSR count). The lowest BCUT2D eigenvalue weighted by atomic mass is 10.0. The number of rotatable bonds is 6. The topological polar surface area (TPSA) is 84.1 Å². The van der Waals surface area contributed by atoms with Gasteiger partial charge in [-0.25, -0.2) is 0 Å². The van der Waals surface area contributed by atoms with Gasteiger partial charge in [0.1, 0.15) is 0 Å². The van der Waals surface area contributed by atoms with Crippen LogP contribution in [0.2, 0.25) is 0 Å². The Morgan fingerprint density at radius 2 is 1.61 bits per heavy atom. The summed E-state index contributed by atoms with van der Waals surface area (Å²) in [5, 5.41) is 2.89. The largest absolute Gasteiger partial charge is 0.459 e. The molecular weight excluding hydrogens is 394 g/mol. The molecule has 7 heteroatoms. The number of hydrogen-bond donors (Lipinski definition) is 2. The number of quaternary nitrogens is 1. The minimum absolute atomic E-state index is 0.123. The Kier molecular flexibility index (Phi) is 6.24. The number of carbonyl (C=O) groups is 3. The van der Waals surface area contributed by atoms with E-state index < -0.39 is 0 Å². The van der Waals surface area contributed by atoms with E-state index in [4.69, 9.17) is 4.42 Å². The zero-order valence-corrected chi connectivity index (χ0v) is 17.0. The predicted molar refractivity (Wildman–Crippen MR) is 115 cm³/mol. The van der Waals surface area contributed by atoms with Crippen LogP contribution < -0.4 is 10.2 Å². The maximum absolute atomic E-state index is 12.8. The third-order valence-electron chi connectivity index (χ3n) is 5.38. The quantitative estimate of drug-likeness (QED) is 0.594. The Morgan fingerprint density at radius 1 is 0.903 bits per heavy atom. The molecule has 1 aromatic heterocycles.